The summed E-state index contributed by atoms with van der Waals surface area (Å²) in [6, 6.07) is 10.2. The van der Waals surface area contributed by atoms with Gasteiger partial charge in [-0.1, -0.05) is 12.1 Å². The first kappa shape index (κ1) is 8.32. The van der Waals surface area contributed by atoms with Crippen LogP contribution in [0.25, 0.3) is 11.1 Å². The standard InChI is InChI=1S/C11H10OS/c1-12-11-4-2-3-9(7-11)10-5-6-13-8-10/h2-8H,1H3. The van der Waals surface area contributed by atoms with Gasteiger partial charge in [0.05, 0.1) is 7.11 Å². The van der Waals surface area contributed by atoms with Crippen LogP contribution in [-0.2, 0) is 0 Å². The molecule has 0 spiro atoms. The Kier molecular flexibility index (Phi) is 2.32. The molecule has 0 aliphatic rings. The van der Waals surface area contributed by atoms with Gasteiger partial charge in [-0.2, -0.15) is 11.3 Å². The Bertz CT molecular complexity index is 379. The van der Waals surface area contributed by atoms with Crippen molar-refractivity contribution in [1.29, 1.82) is 0 Å². The fraction of sp³-hybridized carbons (Fsp3) is 0.0909. The topological polar surface area (TPSA) is 9.23 Å². The quantitative estimate of drug-likeness (QED) is 0.705. The van der Waals surface area contributed by atoms with Gasteiger partial charge >= 0.3 is 0 Å². The van der Waals surface area contributed by atoms with Gasteiger partial charge in [-0.3, -0.25) is 0 Å². The second-order valence-electron chi connectivity index (χ2n) is 2.74. The molecule has 2 rings (SSSR count). The maximum absolute atomic E-state index is 5.16. The first-order valence-electron chi connectivity index (χ1n) is 4.07. The summed E-state index contributed by atoms with van der Waals surface area (Å²) in [6.07, 6.45) is 0. The number of hydrogen-bond acceptors (Lipinski definition) is 2. The van der Waals surface area contributed by atoms with E-state index in [0.717, 1.165) is 5.75 Å². The third kappa shape index (κ3) is 1.73. The molecule has 2 heteroatoms. The Hall–Kier alpha value is -1.28. The van der Waals surface area contributed by atoms with Crippen LogP contribution in [0.15, 0.2) is 41.1 Å². The molecule has 0 bridgehead atoms. The molecule has 0 amide bonds. The molecular formula is C11H10OS. The van der Waals surface area contributed by atoms with Crippen LogP contribution >= 0.6 is 11.3 Å². The monoisotopic (exact) mass is 190 g/mol. The average molecular weight is 190 g/mol. The fourth-order valence-electron chi connectivity index (χ4n) is 1.23. The number of methoxy groups -OCH3 is 1. The highest BCUT2D eigenvalue weighted by Gasteiger charge is 1.98. The third-order valence-corrected chi connectivity index (χ3v) is 2.61. The van der Waals surface area contributed by atoms with E-state index in [1.807, 2.05) is 18.2 Å². The molecule has 1 heterocycles. The van der Waals surface area contributed by atoms with Gasteiger partial charge in [0.1, 0.15) is 5.75 Å². The van der Waals surface area contributed by atoms with Crippen molar-refractivity contribution < 1.29 is 4.74 Å². The van der Waals surface area contributed by atoms with E-state index in [0.29, 0.717) is 0 Å². The minimum atomic E-state index is 0.906. The first-order chi connectivity index (χ1) is 6.40. The Morgan fingerprint density at radius 3 is 2.77 bits per heavy atom. The number of rotatable bonds is 2. The van der Waals surface area contributed by atoms with E-state index >= 15 is 0 Å². The minimum absolute atomic E-state index is 0.906. The number of hydrogen-bond donors (Lipinski definition) is 0. The number of benzene rings is 1. The minimum Gasteiger partial charge on any atom is -0.497 e. The normalized spacial score (nSPS) is 9.92. The molecule has 0 saturated heterocycles. The molecule has 0 radical (unpaired) electrons. The van der Waals surface area contributed by atoms with Crippen molar-refractivity contribution in [3.05, 3.63) is 41.1 Å². The van der Waals surface area contributed by atoms with E-state index in [-0.39, 0.29) is 0 Å². The second kappa shape index (κ2) is 3.62. The van der Waals surface area contributed by atoms with Crippen molar-refractivity contribution in [2.75, 3.05) is 7.11 Å². The molecule has 0 fully saturated rings. The van der Waals surface area contributed by atoms with Crippen LogP contribution in [0, 0.1) is 0 Å². The lowest BCUT2D eigenvalue weighted by atomic mass is 10.1. The molecule has 2 aromatic rings. The zero-order valence-electron chi connectivity index (χ0n) is 7.36. The van der Waals surface area contributed by atoms with Gasteiger partial charge in [-0.05, 0) is 40.1 Å². The largest absolute Gasteiger partial charge is 0.497 e. The summed E-state index contributed by atoms with van der Waals surface area (Å²) < 4.78 is 5.16. The van der Waals surface area contributed by atoms with Crippen LogP contribution in [-0.4, -0.2) is 7.11 Å². The van der Waals surface area contributed by atoms with Crippen LogP contribution < -0.4 is 4.74 Å². The Morgan fingerprint density at radius 2 is 2.08 bits per heavy atom. The maximum Gasteiger partial charge on any atom is 0.119 e. The molecular weight excluding hydrogens is 180 g/mol. The molecule has 1 aromatic heterocycles. The van der Waals surface area contributed by atoms with Crippen LogP contribution in [0.3, 0.4) is 0 Å². The van der Waals surface area contributed by atoms with E-state index in [1.54, 1.807) is 18.4 Å². The van der Waals surface area contributed by atoms with E-state index in [2.05, 4.69) is 22.9 Å². The predicted molar refractivity (Wildman–Crippen MR) is 56.3 cm³/mol. The maximum atomic E-state index is 5.16. The molecule has 0 aliphatic carbocycles. The van der Waals surface area contributed by atoms with Crippen molar-refractivity contribution in [3.8, 4) is 16.9 Å². The Labute approximate surface area is 81.6 Å². The summed E-state index contributed by atoms with van der Waals surface area (Å²) in [7, 11) is 1.69. The van der Waals surface area contributed by atoms with E-state index in [1.165, 1.54) is 11.1 Å². The van der Waals surface area contributed by atoms with Crippen molar-refractivity contribution in [1.82, 2.24) is 0 Å². The predicted octanol–water partition coefficient (Wildman–Crippen LogP) is 3.42. The van der Waals surface area contributed by atoms with Crippen LogP contribution in [0.5, 0.6) is 5.75 Å². The summed E-state index contributed by atoms with van der Waals surface area (Å²) in [5.74, 6) is 0.906. The summed E-state index contributed by atoms with van der Waals surface area (Å²) in [4.78, 5) is 0. The van der Waals surface area contributed by atoms with Crippen LogP contribution in [0.1, 0.15) is 0 Å². The van der Waals surface area contributed by atoms with Gasteiger partial charge in [0.15, 0.2) is 0 Å². The van der Waals surface area contributed by atoms with Gasteiger partial charge < -0.3 is 4.74 Å². The van der Waals surface area contributed by atoms with Crippen molar-refractivity contribution in [2.24, 2.45) is 0 Å². The van der Waals surface area contributed by atoms with Crippen molar-refractivity contribution in [3.63, 3.8) is 0 Å². The number of ether oxygens (including phenoxy) is 1. The van der Waals surface area contributed by atoms with Gasteiger partial charge in [0.2, 0.25) is 0 Å². The summed E-state index contributed by atoms with van der Waals surface area (Å²) in [5, 5.41) is 4.21. The smallest absolute Gasteiger partial charge is 0.119 e. The average Bonchev–Trinajstić information content (AvgIpc) is 2.71. The molecule has 0 N–H and O–H groups in total. The van der Waals surface area contributed by atoms with Crippen molar-refractivity contribution >= 4 is 11.3 Å². The number of thiophene rings is 1. The SMILES string of the molecule is COc1cccc(-c2ccsc2)c1. The molecule has 0 atom stereocenters. The molecule has 1 nitrogen and oxygen atoms in total. The third-order valence-electron chi connectivity index (χ3n) is 1.92. The zero-order valence-corrected chi connectivity index (χ0v) is 8.17. The van der Waals surface area contributed by atoms with Crippen molar-refractivity contribution in [2.45, 2.75) is 0 Å². The molecule has 0 aliphatic heterocycles. The lowest BCUT2D eigenvalue weighted by Gasteiger charge is -2.01. The van der Waals surface area contributed by atoms with E-state index < -0.39 is 0 Å². The van der Waals surface area contributed by atoms with Gasteiger partial charge in [-0.15, -0.1) is 0 Å². The highest BCUT2D eigenvalue weighted by atomic mass is 32.1. The highest BCUT2D eigenvalue weighted by Crippen LogP contribution is 2.25. The van der Waals surface area contributed by atoms with E-state index in [9.17, 15) is 0 Å². The molecule has 13 heavy (non-hydrogen) atoms. The van der Waals surface area contributed by atoms with Gasteiger partial charge in [-0.25, -0.2) is 0 Å². The molecule has 1 aromatic carbocycles. The summed E-state index contributed by atoms with van der Waals surface area (Å²) in [5.41, 5.74) is 2.46. The fourth-order valence-corrected chi connectivity index (χ4v) is 1.90. The molecule has 0 saturated carbocycles. The second-order valence-corrected chi connectivity index (χ2v) is 3.52. The van der Waals surface area contributed by atoms with Gasteiger partial charge in [0, 0.05) is 0 Å². The highest BCUT2D eigenvalue weighted by molar-refractivity contribution is 7.08. The lowest BCUT2D eigenvalue weighted by molar-refractivity contribution is 0.415. The van der Waals surface area contributed by atoms with E-state index in [4.69, 9.17) is 4.74 Å². The van der Waals surface area contributed by atoms with Gasteiger partial charge in [0.25, 0.3) is 0 Å². The Balaban J connectivity index is 2.41. The van der Waals surface area contributed by atoms with Crippen LogP contribution in [0.4, 0.5) is 0 Å². The zero-order chi connectivity index (χ0) is 9.10. The first-order valence-corrected chi connectivity index (χ1v) is 5.01. The summed E-state index contributed by atoms with van der Waals surface area (Å²) >= 11 is 1.71. The Morgan fingerprint density at radius 1 is 1.15 bits per heavy atom. The summed E-state index contributed by atoms with van der Waals surface area (Å²) in [6.45, 7) is 0. The van der Waals surface area contributed by atoms with Crippen LogP contribution in [0.2, 0.25) is 0 Å². The molecule has 0 unspecified atom stereocenters. The molecule has 66 valence electrons. The lowest BCUT2D eigenvalue weighted by Crippen LogP contribution is -1.82.